The fourth-order valence-corrected chi connectivity index (χ4v) is 2.33. The van der Waals surface area contributed by atoms with Crippen LogP contribution in [0.1, 0.15) is 10.5 Å². The zero-order valence-electron chi connectivity index (χ0n) is 12.1. The van der Waals surface area contributed by atoms with Gasteiger partial charge in [-0.1, -0.05) is 12.1 Å². The number of hydrogen-bond donors (Lipinski definition) is 0. The second-order valence-electron chi connectivity index (χ2n) is 5.09. The minimum Gasteiger partial charge on any atom is -0.618 e. The molecule has 0 aliphatic carbocycles. The zero-order valence-corrected chi connectivity index (χ0v) is 12.1. The molecule has 0 N–H and O–H groups in total. The first kappa shape index (κ1) is 14.2. The van der Waals surface area contributed by atoms with Crippen molar-refractivity contribution < 1.29 is 19.0 Å². The molecule has 2 heterocycles. The van der Waals surface area contributed by atoms with Gasteiger partial charge in [0.25, 0.3) is 5.69 Å². The van der Waals surface area contributed by atoms with E-state index >= 15 is 0 Å². The summed E-state index contributed by atoms with van der Waals surface area (Å²) in [6.45, 7) is 0.697. The lowest BCUT2D eigenvalue weighted by atomic mass is 10.2. The van der Waals surface area contributed by atoms with Gasteiger partial charge in [0.2, 0.25) is 0 Å². The first-order valence-electron chi connectivity index (χ1n) is 6.97. The van der Waals surface area contributed by atoms with Gasteiger partial charge in [-0.05, 0) is 18.2 Å². The summed E-state index contributed by atoms with van der Waals surface area (Å²) in [4.78, 5) is 13.8. The molecule has 0 saturated carbocycles. The summed E-state index contributed by atoms with van der Waals surface area (Å²) in [5.41, 5.74) is 0.0853. The number of ether oxygens (including phenoxy) is 2. The van der Waals surface area contributed by atoms with Gasteiger partial charge in [-0.2, -0.15) is 4.73 Å². The number of carbonyl (C=O) groups excluding carboxylic acids is 1. The first-order chi connectivity index (χ1) is 10.6. The van der Waals surface area contributed by atoms with Crippen LogP contribution in [0.3, 0.4) is 0 Å². The predicted molar refractivity (Wildman–Crippen MR) is 78.7 cm³/mol. The molecule has 1 atom stereocenters. The number of aromatic nitrogens is 1. The van der Waals surface area contributed by atoms with Gasteiger partial charge in [0.1, 0.15) is 6.61 Å². The maximum atomic E-state index is 12.3. The monoisotopic (exact) mass is 300 g/mol. The highest BCUT2D eigenvalue weighted by Gasteiger charge is 2.26. The van der Waals surface area contributed by atoms with Gasteiger partial charge < -0.3 is 19.6 Å². The largest absolute Gasteiger partial charge is 0.618 e. The van der Waals surface area contributed by atoms with Crippen LogP contribution in [0, 0.1) is 5.21 Å². The van der Waals surface area contributed by atoms with Crippen molar-refractivity contribution >= 4 is 5.91 Å². The smallest absolute Gasteiger partial charge is 0.319 e. The third kappa shape index (κ3) is 2.81. The number of likely N-dealkylation sites (N-methyl/N-ethyl adjacent to an activating group) is 1. The second kappa shape index (κ2) is 5.93. The van der Waals surface area contributed by atoms with Crippen molar-refractivity contribution in [2.45, 2.75) is 6.10 Å². The van der Waals surface area contributed by atoms with Crippen LogP contribution in [0.4, 0.5) is 0 Å². The molecule has 0 fully saturated rings. The van der Waals surface area contributed by atoms with E-state index < -0.39 is 0 Å². The van der Waals surface area contributed by atoms with E-state index in [2.05, 4.69) is 0 Å². The topological polar surface area (TPSA) is 65.7 Å². The van der Waals surface area contributed by atoms with E-state index in [4.69, 9.17) is 9.47 Å². The lowest BCUT2D eigenvalue weighted by Gasteiger charge is -2.29. The molecule has 1 aliphatic heterocycles. The van der Waals surface area contributed by atoms with Crippen LogP contribution >= 0.6 is 0 Å². The number of nitrogens with zero attached hydrogens (tertiary/aromatic N) is 2. The average molecular weight is 300 g/mol. The standard InChI is InChI=1S/C16H16N2O4/c1-17(16(19)13-6-4-5-9-18(13)20)10-12-11-21-14-7-2-3-8-15(14)22-12/h2-9,12H,10-11H2,1H3/t12-/m1/s1. The van der Waals surface area contributed by atoms with Crippen molar-refractivity contribution in [3.05, 3.63) is 59.6 Å². The van der Waals surface area contributed by atoms with Gasteiger partial charge in [-0.3, -0.25) is 4.79 Å². The van der Waals surface area contributed by atoms with Gasteiger partial charge in [-0.25, -0.2) is 0 Å². The van der Waals surface area contributed by atoms with Crippen molar-refractivity contribution in [3.63, 3.8) is 0 Å². The lowest BCUT2D eigenvalue weighted by Crippen LogP contribution is -2.45. The molecule has 6 nitrogen and oxygen atoms in total. The molecule has 6 heteroatoms. The van der Waals surface area contributed by atoms with E-state index in [0.29, 0.717) is 29.4 Å². The maximum Gasteiger partial charge on any atom is 0.319 e. The Labute approximate surface area is 128 Å². The minimum absolute atomic E-state index is 0.0853. The van der Waals surface area contributed by atoms with Crippen molar-refractivity contribution in [1.82, 2.24) is 4.90 Å². The molecule has 3 rings (SSSR count). The van der Waals surface area contributed by atoms with Crippen molar-refractivity contribution in [1.29, 1.82) is 0 Å². The van der Waals surface area contributed by atoms with Crippen LogP contribution in [0.15, 0.2) is 48.7 Å². The summed E-state index contributed by atoms with van der Waals surface area (Å²) in [5, 5.41) is 11.6. The van der Waals surface area contributed by atoms with Crippen LogP contribution in [-0.4, -0.2) is 37.1 Å². The number of rotatable bonds is 3. The van der Waals surface area contributed by atoms with Crippen LogP contribution < -0.4 is 14.2 Å². The van der Waals surface area contributed by atoms with E-state index in [9.17, 15) is 10.0 Å². The normalized spacial score (nSPS) is 16.1. The van der Waals surface area contributed by atoms with E-state index in [0.717, 1.165) is 0 Å². The van der Waals surface area contributed by atoms with E-state index in [-0.39, 0.29) is 17.7 Å². The Hall–Kier alpha value is -2.76. The van der Waals surface area contributed by atoms with Gasteiger partial charge >= 0.3 is 5.91 Å². The number of pyridine rings is 1. The van der Waals surface area contributed by atoms with Crippen LogP contribution in [0.2, 0.25) is 0 Å². The number of para-hydroxylation sites is 2. The molecule has 0 saturated heterocycles. The van der Waals surface area contributed by atoms with E-state index in [1.807, 2.05) is 24.3 Å². The van der Waals surface area contributed by atoms with Crippen LogP contribution in [0.5, 0.6) is 11.5 Å². The summed E-state index contributed by atoms with van der Waals surface area (Å²) in [6, 6.07) is 12.1. The molecule has 1 aromatic carbocycles. The molecule has 2 aromatic rings. The predicted octanol–water partition coefficient (Wildman–Crippen LogP) is 1.23. The van der Waals surface area contributed by atoms with E-state index in [1.54, 1.807) is 19.2 Å². The highest BCUT2D eigenvalue weighted by atomic mass is 16.6. The Morgan fingerprint density at radius 1 is 1.27 bits per heavy atom. The molecule has 1 aromatic heterocycles. The SMILES string of the molecule is CN(C[C@@H]1COc2ccccc2O1)C(=O)c1cccc[n+]1[O-]. The third-order valence-corrected chi connectivity index (χ3v) is 3.43. The molecule has 0 spiro atoms. The van der Waals surface area contributed by atoms with E-state index in [1.165, 1.54) is 17.2 Å². The Kier molecular flexibility index (Phi) is 3.82. The molecular formula is C16H16N2O4. The van der Waals surface area contributed by atoms with Crippen molar-refractivity contribution in [3.8, 4) is 11.5 Å². The molecule has 1 amide bonds. The summed E-state index contributed by atoms with van der Waals surface area (Å²) in [7, 11) is 1.64. The molecule has 114 valence electrons. The van der Waals surface area contributed by atoms with Crippen LogP contribution in [-0.2, 0) is 0 Å². The van der Waals surface area contributed by atoms with Gasteiger partial charge in [0.15, 0.2) is 23.8 Å². The number of benzene rings is 1. The summed E-state index contributed by atoms with van der Waals surface area (Å²) in [6.07, 6.45) is 1.03. The molecule has 1 aliphatic rings. The van der Waals surface area contributed by atoms with Gasteiger partial charge in [0, 0.05) is 19.2 Å². The molecular weight excluding hydrogens is 284 g/mol. The Bertz CT molecular complexity index is 689. The van der Waals surface area contributed by atoms with Gasteiger partial charge in [-0.15, -0.1) is 0 Å². The number of fused-ring (bicyclic) bond motifs is 1. The summed E-state index contributed by atoms with van der Waals surface area (Å²) in [5.74, 6) is 1.02. The van der Waals surface area contributed by atoms with Gasteiger partial charge in [0.05, 0.1) is 6.54 Å². The summed E-state index contributed by atoms with van der Waals surface area (Å²) >= 11 is 0. The Balaban J connectivity index is 1.67. The fourth-order valence-electron chi connectivity index (χ4n) is 2.33. The highest BCUT2D eigenvalue weighted by Crippen LogP contribution is 2.30. The maximum absolute atomic E-state index is 12.3. The third-order valence-electron chi connectivity index (χ3n) is 3.43. The summed E-state index contributed by atoms with van der Waals surface area (Å²) < 4.78 is 12.0. The van der Waals surface area contributed by atoms with Crippen LogP contribution in [0.25, 0.3) is 0 Å². The quantitative estimate of drug-likeness (QED) is 0.632. The second-order valence-corrected chi connectivity index (χ2v) is 5.09. The molecule has 0 radical (unpaired) electrons. The molecule has 0 bridgehead atoms. The zero-order chi connectivity index (χ0) is 15.5. The minimum atomic E-state index is -0.349. The average Bonchev–Trinajstić information content (AvgIpc) is 2.54. The molecule has 0 unspecified atom stereocenters. The lowest BCUT2D eigenvalue weighted by molar-refractivity contribution is -0.608. The Morgan fingerprint density at radius 2 is 2.00 bits per heavy atom. The highest BCUT2D eigenvalue weighted by molar-refractivity contribution is 5.90. The number of amides is 1. The fraction of sp³-hybridized carbons (Fsp3) is 0.250. The Morgan fingerprint density at radius 3 is 2.77 bits per heavy atom. The van der Waals surface area contributed by atoms with Crippen molar-refractivity contribution in [2.75, 3.05) is 20.2 Å². The number of carbonyl (C=O) groups is 1. The molecule has 22 heavy (non-hydrogen) atoms. The number of hydrogen-bond acceptors (Lipinski definition) is 4. The first-order valence-corrected chi connectivity index (χ1v) is 6.97. The van der Waals surface area contributed by atoms with Crippen molar-refractivity contribution in [2.24, 2.45) is 0 Å².